The number of hydrogen-bond acceptors (Lipinski definition) is 6. The predicted molar refractivity (Wildman–Crippen MR) is 109 cm³/mol. The van der Waals surface area contributed by atoms with Gasteiger partial charge in [0, 0.05) is 30.4 Å². The third-order valence-corrected chi connectivity index (χ3v) is 4.93. The lowest BCUT2D eigenvalue weighted by molar-refractivity contribution is -0.135. The molecule has 9 heteroatoms. The van der Waals surface area contributed by atoms with Gasteiger partial charge in [-0.1, -0.05) is 18.2 Å². The summed E-state index contributed by atoms with van der Waals surface area (Å²) in [5, 5.41) is 13.0. The van der Waals surface area contributed by atoms with Gasteiger partial charge in [-0.3, -0.25) is 14.4 Å². The second-order valence-electron chi connectivity index (χ2n) is 7.45. The van der Waals surface area contributed by atoms with Gasteiger partial charge in [0.1, 0.15) is 11.6 Å². The minimum atomic E-state index is -0.765. The second-order valence-corrected chi connectivity index (χ2v) is 7.45. The van der Waals surface area contributed by atoms with Crippen LogP contribution >= 0.6 is 0 Å². The summed E-state index contributed by atoms with van der Waals surface area (Å²) in [6, 6.07) is 8.57. The zero-order valence-electron chi connectivity index (χ0n) is 17.1. The van der Waals surface area contributed by atoms with E-state index in [0.29, 0.717) is 29.3 Å². The molecule has 3 rings (SSSR count). The molecule has 1 saturated heterocycles. The normalized spacial score (nSPS) is 18.7. The molecule has 1 fully saturated rings. The van der Waals surface area contributed by atoms with Crippen LogP contribution in [0.4, 0.5) is 0 Å². The van der Waals surface area contributed by atoms with Crippen LogP contribution in [0.2, 0.25) is 0 Å². The first-order valence-electron chi connectivity index (χ1n) is 9.81. The van der Waals surface area contributed by atoms with Gasteiger partial charge in [0.2, 0.25) is 5.91 Å². The van der Waals surface area contributed by atoms with Crippen LogP contribution < -0.4 is 15.6 Å². The lowest BCUT2D eigenvalue weighted by atomic mass is 10.0. The van der Waals surface area contributed by atoms with Crippen molar-refractivity contribution < 1.29 is 19.4 Å². The predicted octanol–water partition coefficient (Wildman–Crippen LogP) is 0.0862. The van der Waals surface area contributed by atoms with E-state index >= 15 is 0 Å². The highest BCUT2D eigenvalue weighted by Gasteiger charge is 2.30. The Bertz CT molecular complexity index is 960. The number of hydrogen-bond donors (Lipinski definition) is 3. The molecular weight excluding hydrogens is 388 g/mol. The van der Waals surface area contributed by atoms with Gasteiger partial charge in [-0.25, -0.2) is 4.98 Å². The number of piperidine rings is 1. The quantitative estimate of drug-likeness (QED) is 0.615. The lowest BCUT2D eigenvalue weighted by Crippen LogP contribution is -2.55. The number of H-pyrrole nitrogens is 1. The standard InChI is InChI=1S/C21H26N4O5/c1-13-18(21(29)23-14(2)22-13)9-20(28)25-10-15(8-16(26)11-25)24-19(27)12-30-17-6-4-3-5-7-17/h3-7,15-16,26H,8-12H2,1-2H3,(H,24,27)(H,22,23,29)/t15-,16+/m0/s1. The highest BCUT2D eigenvalue weighted by Crippen LogP contribution is 2.14. The number of carbonyl (C=O) groups excluding carboxylic acids is 2. The van der Waals surface area contributed by atoms with Gasteiger partial charge in [0.25, 0.3) is 11.5 Å². The Kier molecular flexibility index (Phi) is 6.83. The van der Waals surface area contributed by atoms with E-state index in [9.17, 15) is 19.5 Å². The third kappa shape index (κ3) is 5.66. The Hall–Kier alpha value is -3.20. The molecule has 2 heterocycles. The zero-order valence-corrected chi connectivity index (χ0v) is 17.1. The van der Waals surface area contributed by atoms with Gasteiger partial charge in [-0.2, -0.15) is 0 Å². The fraction of sp³-hybridized carbons (Fsp3) is 0.429. The Morgan fingerprint density at radius 2 is 2.00 bits per heavy atom. The number of benzene rings is 1. The second kappa shape index (κ2) is 9.53. The number of aromatic amines is 1. The maximum Gasteiger partial charge on any atom is 0.258 e. The van der Waals surface area contributed by atoms with E-state index in [1.807, 2.05) is 18.2 Å². The number of aliphatic hydroxyl groups is 1. The number of aryl methyl sites for hydroxylation is 2. The molecular formula is C21H26N4O5. The van der Waals surface area contributed by atoms with Crippen LogP contribution in [0.15, 0.2) is 35.1 Å². The van der Waals surface area contributed by atoms with E-state index < -0.39 is 12.1 Å². The van der Waals surface area contributed by atoms with Crippen molar-refractivity contribution in [1.82, 2.24) is 20.2 Å². The lowest BCUT2D eigenvalue weighted by Gasteiger charge is -2.36. The molecule has 1 aromatic carbocycles. The molecule has 3 N–H and O–H groups in total. The minimum Gasteiger partial charge on any atom is -0.484 e. The molecule has 0 aliphatic carbocycles. The van der Waals surface area contributed by atoms with Gasteiger partial charge in [0.15, 0.2) is 6.61 Å². The number of ether oxygens (including phenoxy) is 1. The SMILES string of the molecule is Cc1nc(C)c(CC(=O)N2C[C@H](O)C[C@H](NC(=O)COc3ccccc3)C2)c(=O)[nH]1. The van der Waals surface area contributed by atoms with Crippen LogP contribution in [-0.2, 0) is 16.0 Å². The molecule has 0 spiro atoms. The maximum atomic E-state index is 12.7. The monoisotopic (exact) mass is 414 g/mol. The van der Waals surface area contributed by atoms with Gasteiger partial charge in [-0.05, 0) is 32.4 Å². The number of aromatic nitrogens is 2. The number of aliphatic hydroxyl groups excluding tert-OH is 1. The molecule has 30 heavy (non-hydrogen) atoms. The first-order chi connectivity index (χ1) is 14.3. The summed E-state index contributed by atoms with van der Waals surface area (Å²) in [5.74, 6) is 0.441. The Balaban J connectivity index is 1.57. The summed E-state index contributed by atoms with van der Waals surface area (Å²) >= 11 is 0. The van der Waals surface area contributed by atoms with Crippen LogP contribution in [0, 0.1) is 13.8 Å². The van der Waals surface area contributed by atoms with Crippen molar-refractivity contribution in [1.29, 1.82) is 0 Å². The number of likely N-dealkylation sites (tertiary alicyclic amines) is 1. The topological polar surface area (TPSA) is 125 Å². The van der Waals surface area contributed by atoms with Crippen LogP contribution in [-0.4, -0.2) is 63.6 Å². The number of β-amino-alcohol motifs (C(OH)–C–C–N with tert-alkyl or cyclic N) is 1. The van der Waals surface area contributed by atoms with Crippen molar-refractivity contribution in [2.45, 2.75) is 38.8 Å². The van der Waals surface area contributed by atoms with Crippen molar-refractivity contribution in [2.24, 2.45) is 0 Å². The summed E-state index contributed by atoms with van der Waals surface area (Å²) < 4.78 is 5.43. The Labute approximate surface area is 174 Å². The first kappa shape index (κ1) is 21.5. The van der Waals surface area contributed by atoms with E-state index in [1.165, 1.54) is 4.90 Å². The molecule has 1 aliphatic heterocycles. The van der Waals surface area contributed by atoms with Crippen LogP contribution in [0.3, 0.4) is 0 Å². The molecule has 0 unspecified atom stereocenters. The van der Waals surface area contributed by atoms with Crippen LogP contribution in [0.25, 0.3) is 0 Å². The van der Waals surface area contributed by atoms with Crippen molar-refractivity contribution >= 4 is 11.8 Å². The first-order valence-corrected chi connectivity index (χ1v) is 9.81. The largest absolute Gasteiger partial charge is 0.484 e. The number of para-hydroxylation sites is 1. The fourth-order valence-electron chi connectivity index (χ4n) is 3.54. The van der Waals surface area contributed by atoms with Crippen molar-refractivity contribution in [3.8, 4) is 5.75 Å². The van der Waals surface area contributed by atoms with Crippen molar-refractivity contribution in [2.75, 3.05) is 19.7 Å². The van der Waals surface area contributed by atoms with Gasteiger partial charge < -0.3 is 25.0 Å². The molecule has 160 valence electrons. The number of carbonyl (C=O) groups is 2. The summed E-state index contributed by atoms with van der Waals surface area (Å²) in [6.45, 7) is 3.61. The van der Waals surface area contributed by atoms with Gasteiger partial charge in [-0.15, -0.1) is 0 Å². The van der Waals surface area contributed by atoms with Gasteiger partial charge >= 0.3 is 0 Å². The summed E-state index contributed by atoms with van der Waals surface area (Å²) in [7, 11) is 0. The Morgan fingerprint density at radius 1 is 1.27 bits per heavy atom. The number of nitrogens with one attached hydrogen (secondary N) is 2. The van der Waals surface area contributed by atoms with E-state index in [4.69, 9.17) is 4.74 Å². The average Bonchev–Trinajstić information content (AvgIpc) is 2.69. The number of rotatable bonds is 6. The smallest absolute Gasteiger partial charge is 0.258 e. The minimum absolute atomic E-state index is 0.112. The van der Waals surface area contributed by atoms with E-state index in [1.54, 1.807) is 26.0 Å². The molecule has 1 aromatic heterocycles. The van der Waals surface area contributed by atoms with Gasteiger partial charge in [0.05, 0.1) is 12.5 Å². The maximum absolute atomic E-state index is 12.7. The number of amides is 2. The fourth-order valence-corrected chi connectivity index (χ4v) is 3.54. The van der Waals surface area contributed by atoms with E-state index in [-0.39, 0.29) is 43.5 Å². The summed E-state index contributed by atoms with van der Waals surface area (Å²) in [6.07, 6.45) is -0.538. The highest BCUT2D eigenvalue weighted by molar-refractivity contribution is 5.80. The molecule has 0 bridgehead atoms. The average molecular weight is 414 g/mol. The molecule has 1 aliphatic rings. The van der Waals surface area contributed by atoms with E-state index in [0.717, 1.165) is 0 Å². The molecule has 0 radical (unpaired) electrons. The highest BCUT2D eigenvalue weighted by atomic mass is 16.5. The van der Waals surface area contributed by atoms with E-state index in [2.05, 4.69) is 15.3 Å². The summed E-state index contributed by atoms with van der Waals surface area (Å²) in [5.41, 5.74) is 0.474. The van der Waals surface area contributed by atoms with Crippen LogP contribution in [0.1, 0.15) is 23.5 Å². The van der Waals surface area contributed by atoms with Crippen LogP contribution in [0.5, 0.6) is 5.75 Å². The summed E-state index contributed by atoms with van der Waals surface area (Å²) in [4.78, 5) is 45.4. The third-order valence-electron chi connectivity index (χ3n) is 4.93. The van der Waals surface area contributed by atoms with Crippen molar-refractivity contribution in [3.05, 3.63) is 57.8 Å². The molecule has 2 atom stereocenters. The molecule has 2 amide bonds. The number of nitrogens with zero attached hydrogens (tertiary/aromatic N) is 2. The molecule has 0 saturated carbocycles. The Morgan fingerprint density at radius 3 is 2.70 bits per heavy atom. The molecule has 9 nitrogen and oxygen atoms in total. The molecule has 2 aromatic rings. The van der Waals surface area contributed by atoms with Crippen molar-refractivity contribution in [3.63, 3.8) is 0 Å². The zero-order chi connectivity index (χ0) is 21.7.